The van der Waals surface area contributed by atoms with E-state index in [2.05, 4.69) is 21.2 Å². The molecule has 0 saturated carbocycles. The normalized spacial score (nSPS) is 15.8. The van der Waals surface area contributed by atoms with Crippen molar-refractivity contribution in [3.05, 3.63) is 57.1 Å². The van der Waals surface area contributed by atoms with E-state index in [4.69, 9.17) is 4.74 Å². The van der Waals surface area contributed by atoms with E-state index in [1.165, 1.54) is 0 Å². The molecule has 1 N–H and O–H groups in total. The first-order valence-electron chi connectivity index (χ1n) is 10.3. The van der Waals surface area contributed by atoms with Crippen molar-refractivity contribution in [3.63, 3.8) is 0 Å². The lowest BCUT2D eigenvalue weighted by atomic mass is 10.1. The number of carbonyl (C=O) groups excluding carboxylic acids is 3. The van der Waals surface area contributed by atoms with Gasteiger partial charge in [0, 0.05) is 28.8 Å². The molecular weight excluding hydrogens is 460 g/mol. The summed E-state index contributed by atoms with van der Waals surface area (Å²) in [5.41, 5.74) is 5.58. The van der Waals surface area contributed by atoms with Crippen molar-refractivity contribution in [1.29, 1.82) is 0 Å². The molecular formula is C24H27BrN2O4. The Labute approximate surface area is 191 Å². The van der Waals surface area contributed by atoms with Gasteiger partial charge in [-0.25, -0.2) is 0 Å². The van der Waals surface area contributed by atoms with Gasteiger partial charge in [0.15, 0.2) is 6.61 Å². The molecule has 1 aliphatic rings. The van der Waals surface area contributed by atoms with Crippen molar-refractivity contribution in [2.45, 2.75) is 40.5 Å². The molecule has 0 aromatic heterocycles. The van der Waals surface area contributed by atoms with E-state index >= 15 is 0 Å². The van der Waals surface area contributed by atoms with Crippen LogP contribution in [0.15, 0.2) is 34.8 Å². The minimum absolute atomic E-state index is 0.0830. The second-order valence-corrected chi connectivity index (χ2v) is 8.81. The first-order chi connectivity index (χ1) is 14.7. The van der Waals surface area contributed by atoms with Gasteiger partial charge < -0.3 is 15.0 Å². The van der Waals surface area contributed by atoms with Crippen molar-refractivity contribution in [3.8, 4) is 0 Å². The second kappa shape index (κ2) is 9.64. The zero-order chi connectivity index (χ0) is 22.7. The molecule has 1 heterocycles. The van der Waals surface area contributed by atoms with Gasteiger partial charge in [0.25, 0.3) is 5.91 Å². The molecule has 1 unspecified atom stereocenters. The molecule has 0 spiro atoms. The van der Waals surface area contributed by atoms with Crippen LogP contribution in [0.3, 0.4) is 0 Å². The molecule has 1 aliphatic heterocycles. The Balaban J connectivity index is 1.60. The highest BCUT2D eigenvalue weighted by atomic mass is 79.9. The third-order valence-corrected chi connectivity index (χ3v) is 6.16. The van der Waals surface area contributed by atoms with Crippen molar-refractivity contribution in [1.82, 2.24) is 0 Å². The number of aryl methyl sites for hydroxylation is 3. The number of amides is 2. The Morgan fingerprint density at radius 3 is 2.65 bits per heavy atom. The molecule has 3 rings (SSSR count). The van der Waals surface area contributed by atoms with Crippen LogP contribution in [0.25, 0.3) is 0 Å². The van der Waals surface area contributed by atoms with E-state index in [1.807, 2.05) is 58.0 Å². The van der Waals surface area contributed by atoms with E-state index in [9.17, 15) is 14.4 Å². The fourth-order valence-electron chi connectivity index (χ4n) is 3.83. The van der Waals surface area contributed by atoms with Gasteiger partial charge in [-0.2, -0.15) is 0 Å². The van der Waals surface area contributed by atoms with E-state index < -0.39 is 17.8 Å². The maximum atomic E-state index is 12.5. The van der Waals surface area contributed by atoms with Crippen LogP contribution in [0.4, 0.5) is 11.4 Å². The molecule has 31 heavy (non-hydrogen) atoms. The molecule has 164 valence electrons. The summed E-state index contributed by atoms with van der Waals surface area (Å²) in [7, 11) is 0. The smallest absolute Gasteiger partial charge is 0.311 e. The van der Waals surface area contributed by atoms with Crippen molar-refractivity contribution in [2.24, 2.45) is 5.92 Å². The Morgan fingerprint density at radius 1 is 1.19 bits per heavy atom. The van der Waals surface area contributed by atoms with Crippen LogP contribution in [0.5, 0.6) is 0 Å². The van der Waals surface area contributed by atoms with E-state index in [0.717, 1.165) is 44.5 Å². The summed E-state index contributed by atoms with van der Waals surface area (Å²) in [6.07, 6.45) is 0.841. The number of benzene rings is 2. The van der Waals surface area contributed by atoms with Crippen molar-refractivity contribution < 1.29 is 19.1 Å². The number of nitrogens with zero attached hydrogens (tertiary/aromatic N) is 1. The highest BCUT2D eigenvalue weighted by molar-refractivity contribution is 9.10. The fraction of sp³-hybridized carbons (Fsp3) is 0.375. The average molecular weight is 487 g/mol. The predicted molar refractivity (Wildman–Crippen MR) is 124 cm³/mol. The zero-order valence-corrected chi connectivity index (χ0v) is 19.8. The number of nitrogens with one attached hydrogen (secondary N) is 1. The first-order valence-corrected chi connectivity index (χ1v) is 11.1. The molecule has 1 saturated heterocycles. The summed E-state index contributed by atoms with van der Waals surface area (Å²) in [5.74, 6) is -1.62. The molecule has 7 heteroatoms. The number of halogens is 1. The van der Waals surface area contributed by atoms with E-state index in [0.29, 0.717) is 0 Å². The van der Waals surface area contributed by atoms with Crippen LogP contribution < -0.4 is 10.2 Å². The summed E-state index contributed by atoms with van der Waals surface area (Å²) < 4.78 is 6.19. The predicted octanol–water partition coefficient (Wildman–Crippen LogP) is 4.47. The number of ether oxygens (including phenoxy) is 1. The standard InChI is InChI=1S/C24H27BrN2O4/c1-5-17-10-19(25)9-15(3)23(17)26-21(28)13-31-24(30)18-11-22(29)27(12-18)20-8-6-7-14(2)16(20)4/h6-10,18H,5,11-13H2,1-4H3,(H,26,28). The van der Waals surface area contributed by atoms with Crippen molar-refractivity contribution >= 4 is 45.1 Å². The number of carbonyl (C=O) groups is 3. The minimum atomic E-state index is -0.583. The van der Waals surface area contributed by atoms with Gasteiger partial charge >= 0.3 is 5.97 Å². The maximum Gasteiger partial charge on any atom is 0.311 e. The number of anilines is 2. The lowest BCUT2D eigenvalue weighted by Crippen LogP contribution is -2.28. The summed E-state index contributed by atoms with van der Waals surface area (Å²) in [4.78, 5) is 39.1. The van der Waals surface area contributed by atoms with Gasteiger partial charge in [0.1, 0.15) is 0 Å². The molecule has 0 radical (unpaired) electrons. The lowest BCUT2D eigenvalue weighted by molar-refractivity contribution is -0.151. The SMILES string of the molecule is CCc1cc(Br)cc(C)c1NC(=O)COC(=O)C1CC(=O)N(c2cccc(C)c2C)C1. The third-order valence-electron chi connectivity index (χ3n) is 5.70. The Kier molecular flexibility index (Phi) is 7.15. The van der Waals surface area contributed by atoms with Crippen LogP contribution in [0.2, 0.25) is 0 Å². The summed E-state index contributed by atoms with van der Waals surface area (Å²) >= 11 is 3.46. The van der Waals surface area contributed by atoms with Gasteiger partial charge in [-0.05, 0) is 67.6 Å². The number of esters is 1. The Morgan fingerprint density at radius 2 is 1.94 bits per heavy atom. The van der Waals surface area contributed by atoms with Gasteiger partial charge in [0.2, 0.25) is 5.91 Å². The zero-order valence-electron chi connectivity index (χ0n) is 18.3. The molecule has 2 amide bonds. The Bertz CT molecular complexity index is 1030. The largest absolute Gasteiger partial charge is 0.455 e. The molecule has 0 bridgehead atoms. The number of rotatable bonds is 6. The summed E-state index contributed by atoms with van der Waals surface area (Å²) in [6.45, 7) is 7.75. The van der Waals surface area contributed by atoms with E-state index in [-0.39, 0.29) is 25.5 Å². The van der Waals surface area contributed by atoms with Crippen LogP contribution in [-0.4, -0.2) is 30.9 Å². The Hall–Kier alpha value is -2.67. The topological polar surface area (TPSA) is 75.7 Å². The van der Waals surface area contributed by atoms with Gasteiger partial charge in [-0.15, -0.1) is 0 Å². The quantitative estimate of drug-likeness (QED) is 0.611. The highest BCUT2D eigenvalue weighted by Crippen LogP contribution is 2.30. The highest BCUT2D eigenvalue weighted by Gasteiger charge is 2.37. The maximum absolute atomic E-state index is 12.5. The molecule has 6 nitrogen and oxygen atoms in total. The van der Waals surface area contributed by atoms with Crippen LogP contribution in [0.1, 0.15) is 35.6 Å². The van der Waals surface area contributed by atoms with Crippen LogP contribution in [-0.2, 0) is 25.5 Å². The molecule has 0 aliphatic carbocycles. The minimum Gasteiger partial charge on any atom is -0.455 e. The first kappa shape index (κ1) is 23.0. The van der Waals surface area contributed by atoms with Gasteiger partial charge in [0.05, 0.1) is 5.92 Å². The van der Waals surface area contributed by atoms with E-state index in [1.54, 1.807) is 4.90 Å². The average Bonchev–Trinajstić information content (AvgIpc) is 3.11. The second-order valence-electron chi connectivity index (χ2n) is 7.89. The van der Waals surface area contributed by atoms with Crippen molar-refractivity contribution in [2.75, 3.05) is 23.4 Å². The fourth-order valence-corrected chi connectivity index (χ4v) is 4.45. The summed E-state index contributed by atoms with van der Waals surface area (Å²) in [5, 5.41) is 2.85. The molecule has 2 aromatic carbocycles. The van der Waals surface area contributed by atoms with Crippen LogP contribution in [0, 0.1) is 26.7 Å². The molecule has 1 atom stereocenters. The van der Waals surface area contributed by atoms with Gasteiger partial charge in [-0.1, -0.05) is 35.0 Å². The number of hydrogen-bond acceptors (Lipinski definition) is 4. The lowest BCUT2D eigenvalue weighted by Gasteiger charge is -2.20. The molecule has 2 aromatic rings. The monoisotopic (exact) mass is 486 g/mol. The summed E-state index contributed by atoms with van der Waals surface area (Å²) in [6, 6.07) is 9.65. The number of hydrogen-bond donors (Lipinski definition) is 1. The van der Waals surface area contributed by atoms with Gasteiger partial charge in [-0.3, -0.25) is 14.4 Å². The third kappa shape index (κ3) is 5.15. The molecule has 1 fully saturated rings. The van der Waals surface area contributed by atoms with Crippen LogP contribution >= 0.6 is 15.9 Å².